The van der Waals surface area contributed by atoms with Crippen molar-refractivity contribution in [3.8, 4) is 18.1 Å². The first-order valence-corrected chi connectivity index (χ1v) is 4.70. The van der Waals surface area contributed by atoms with Gasteiger partial charge in [0.15, 0.2) is 0 Å². The maximum atomic E-state index is 5.85. The predicted molar refractivity (Wildman–Crippen MR) is 58.5 cm³/mol. The second-order valence-electron chi connectivity index (χ2n) is 2.78. The van der Waals surface area contributed by atoms with Crippen molar-refractivity contribution in [2.24, 2.45) is 5.73 Å². The molecule has 0 bridgehead atoms. The van der Waals surface area contributed by atoms with E-state index in [1.807, 2.05) is 12.1 Å². The van der Waals surface area contributed by atoms with Crippen LogP contribution in [-0.4, -0.2) is 13.2 Å². The Morgan fingerprint density at radius 2 is 2.29 bits per heavy atom. The Morgan fingerprint density at radius 3 is 2.93 bits per heavy atom. The van der Waals surface area contributed by atoms with Crippen LogP contribution in [-0.2, 0) is 6.42 Å². The van der Waals surface area contributed by atoms with Crippen LogP contribution < -0.4 is 10.5 Å². The van der Waals surface area contributed by atoms with Crippen LogP contribution in [0.1, 0.15) is 5.56 Å². The molecule has 0 spiro atoms. The highest BCUT2D eigenvalue weighted by Gasteiger charge is 2.03. The summed E-state index contributed by atoms with van der Waals surface area (Å²) in [5, 5.41) is 0.682. The molecule has 0 aliphatic carbocycles. The smallest absolute Gasteiger partial charge is 0.148 e. The van der Waals surface area contributed by atoms with Crippen LogP contribution in [0.25, 0.3) is 0 Å². The predicted octanol–water partition coefficient (Wildman–Crippen LogP) is 1.85. The number of terminal acetylenes is 1. The van der Waals surface area contributed by atoms with Gasteiger partial charge in [0.05, 0.1) is 0 Å². The van der Waals surface area contributed by atoms with E-state index in [0.717, 1.165) is 17.7 Å². The van der Waals surface area contributed by atoms with Crippen LogP contribution in [0.2, 0.25) is 5.02 Å². The van der Waals surface area contributed by atoms with Crippen LogP contribution in [0.4, 0.5) is 0 Å². The quantitative estimate of drug-likeness (QED) is 0.769. The minimum Gasteiger partial charge on any atom is -0.481 e. The zero-order valence-electron chi connectivity index (χ0n) is 7.79. The van der Waals surface area contributed by atoms with Gasteiger partial charge in [0, 0.05) is 5.02 Å². The van der Waals surface area contributed by atoms with Gasteiger partial charge in [-0.25, -0.2) is 0 Å². The molecular formula is C11H12ClNO. The number of ether oxygens (including phenoxy) is 1. The van der Waals surface area contributed by atoms with Crippen LogP contribution >= 0.6 is 11.6 Å². The fourth-order valence-corrected chi connectivity index (χ4v) is 1.35. The summed E-state index contributed by atoms with van der Waals surface area (Å²) in [7, 11) is 0. The third-order valence-electron chi connectivity index (χ3n) is 1.75. The highest BCUT2D eigenvalue weighted by Crippen LogP contribution is 2.22. The largest absolute Gasteiger partial charge is 0.481 e. The molecule has 0 aliphatic rings. The molecule has 0 saturated heterocycles. The maximum absolute atomic E-state index is 5.85. The molecule has 0 fully saturated rings. The zero-order chi connectivity index (χ0) is 10.4. The molecule has 1 aromatic rings. The molecule has 0 amide bonds. The molecule has 1 aromatic carbocycles. The lowest BCUT2D eigenvalue weighted by Gasteiger charge is -2.08. The Kier molecular flexibility index (Phi) is 4.31. The first kappa shape index (κ1) is 10.9. The van der Waals surface area contributed by atoms with Gasteiger partial charge < -0.3 is 10.5 Å². The first-order valence-electron chi connectivity index (χ1n) is 4.32. The SMILES string of the molecule is C#CCOc1ccc(Cl)cc1CCN. The number of benzene rings is 1. The summed E-state index contributed by atoms with van der Waals surface area (Å²) in [5.41, 5.74) is 6.46. The van der Waals surface area contributed by atoms with E-state index in [0.29, 0.717) is 11.6 Å². The highest BCUT2D eigenvalue weighted by molar-refractivity contribution is 6.30. The Labute approximate surface area is 89.0 Å². The summed E-state index contributed by atoms with van der Waals surface area (Å²) in [5.74, 6) is 3.18. The summed E-state index contributed by atoms with van der Waals surface area (Å²) >= 11 is 5.85. The van der Waals surface area contributed by atoms with Crippen molar-refractivity contribution < 1.29 is 4.74 Å². The summed E-state index contributed by atoms with van der Waals surface area (Å²) in [6.07, 6.45) is 5.84. The third kappa shape index (κ3) is 2.95. The van der Waals surface area contributed by atoms with Gasteiger partial charge in [0.2, 0.25) is 0 Å². The van der Waals surface area contributed by atoms with Crippen LogP contribution in [0.15, 0.2) is 18.2 Å². The van der Waals surface area contributed by atoms with Crippen molar-refractivity contribution in [3.63, 3.8) is 0 Å². The summed E-state index contributed by atoms with van der Waals surface area (Å²) in [4.78, 5) is 0. The molecule has 2 nitrogen and oxygen atoms in total. The van der Waals surface area contributed by atoms with Gasteiger partial charge >= 0.3 is 0 Å². The van der Waals surface area contributed by atoms with Crippen molar-refractivity contribution in [1.82, 2.24) is 0 Å². The second-order valence-corrected chi connectivity index (χ2v) is 3.22. The highest BCUT2D eigenvalue weighted by atomic mass is 35.5. The average Bonchev–Trinajstić information content (AvgIpc) is 2.17. The van der Waals surface area contributed by atoms with Crippen LogP contribution in [0.3, 0.4) is 0 Å². The molecule has 0 saturated carbocycles. The van der Waals surface area contributed by atoms with E-state index in [1.165, 1.54) is 0 Å². The van der Waals surface area contributed by atoms with Crippen molar-refractivity contribution in [2.45, 2.75) is 6.42 Å². The summed E-state index contributed by atoms with van der Waals surface area (Å²) < 4.78 is 5.34. The summed E-state index contributed by atoms with van der Waals surface area (Å²) in [6.45, 7) is 0.825. The minimum atomic E-state index is 0.263. The molecule has 0 unspecified atom stereocenters. The molecule has 3 heteroatoms. The van der Waals surface area contributed by atoms with Gasteiger partial charge in [-0.15, -0.1) is 6.42 Å². The topological polar surface area (TPSA) is 35.2 Å². The van der Waals surface area contributed by atoms with Crippen molar-refractivity contribution in [1.29, 1.82) is 0 Å². The van der Waals surface area contributed by atoms with Gasteiger partial charge in [-0.1, -0.05) is 17.5 Å². The van der Waals surface area contributed by atoms with Crippen molar-refractivity contribution >= 4 is 11.6 Å². The van der Waals surface area contributed by atoms with Gasteiger partial charge in [-0.2, -0.15) is 0 Å². The van der Waals surface area contributed by atoms with Crippen molar-refractivity contribution in [3.05, 3.63) is 28.8 Å². The number of hydrogen-bond acceptors (Lipinski definition) is 2. The van der Waals surface area contributed by atoms with E-state index in [4.69, 9.17) is 28.5 Å². The number of halogens is 1. The average molecular weight is 210 g/mol. The normalized spacial score (nSPS) is 9.50. The molecule has 0 aliphatic heterocycles. The lowest BCUT2D eigenvalue weighted by atomic mass is 10.1. The van der Waals surface area contributed by atoms with E-state index >= 15 is 0 Å². The van der Waals surface area contributed by atoms with Crippen LogP contribution in [0, 0.1) is 12.3 Å². The number of nitrogens with two attached hydrogens (primary N) is 1. The van der Waals surface area contributed by atoms with Crippen LogP contribution in [0.5, 0.6) is 5.75 Å². The van der Waals surface area contributed by atoms with E-state index in [9.17, 15) is 0 Å². The zero-order valence-corrected chi connectivity index (χ0v) is 8.55. The minimum absolute atomic E-state index is 0.263. The summed E-state index contributed by atoms with van der Waals surface area (Å²) in [6, 6.07) is 5.43. The van der Waals surface area contributed by atoms with Gasteiger partial charge in [-0.05, 0) is 36.7 Å². The van der Waals surface area contributed by atoms with Gasteiger partial charge in [0.25, 0.3) is 0 Å². The monoisotopic (exact) mass is 209 g/mol. The van der Waals surface area contributed by atoms with E-state index in [2.05, 4.69) is 5.92 Å². The number of rotatable bonds is 4. The molecule has 2 N–H and O–H groups in total. The molecular weight excluding hydrogens is 198 g/mol. The molecule has 0 aromatic heterocycles. The molecule has 74 valence electrons. The van der Waals surface area contributed by atoms with E-state index in [-0.39, 0.29) is 6.61 Å². The lowest BCUT2D eigenvalue weighted by molar-refractivity contribution is 0.366. The molecule has 1 rings (SSSR count). The standard InChI is InChI=1S/C11H12ClNO/c1-2-7-14-11-4-3-10(12)8-9(11)5-6-13/h1,3-4,8H,5-7,13H2. The van der Waals surface area contributed by atoms with Gasteiger partial charge in [-0.3, -0.25) is 0 Å². The molecule has 0 heterocycles. The Hall–Kier alpha value is -1.17. The van der Waals surface area contributed by atoms with E-state index in [1.54, 1.807) is 6.07 Å². The fourth-order valence-electron chi connectivity index (χ4n) is 1.16. The van der Waals surface area contributed by atoms with E-state index < -0.39 is 0 Å². The molecule has 0 radical (unpaired) electrons. The number of hydrogen-bond donors (Lipinski definition) is 1. The Balaban J connectivity index is 2.85. The first-order chi connectivity index (χ1) is 6.77. The fraction of sp³-hybridized carbons (Fsp3) is 0.273. The molecule has 14 heavy (non-hydrogen) atoms. The molecule has 0 atom stereocenters. The third-order valence-corrected chi connectivity index (χ3v) is 1.98. The van der Waals surface area contributed by atoms with Crippen molar-refractivity contribution in [2.75, 3.05) is 13.2 Å². The lowest BCUT2D eigenvalue weighted by Crippen LogP contribution is -2.05. The second kappa shape index (κ2) is 5.54. The Morgan fingerprint density at radius 1 is 1.50 bits per heavy atom. The van der Waals surface area contributed by atoms with Gasteiger partial charge in [0.1, 0.15) is 12.4 Å². The Bertz CT molecular complexity index is 344. The maximum Gasteiger partial charge on any atom is 0.148 e.